The monoisotopic (exact) mass is 897 g/mol. The molecule has 70 heavy (non-hydrogen) atoms. The lowest BCUT2D eigenvalue weighted by Gasteiger charge is -2.25. The van der Waals surface area contributed by atoms with Gasteiger partial charge in [0.25, 0.3) is 0 Å². The van der Waals surface area contributed by atoms with E-state index in [1.165, 1.54) is 0 Å². The molecule has 0 saturated carbocycles. The minimum Gasteiger partial charge on any atom is -0.456 e. The Labute approximate surface area is 398 Å². The minimum absolute atomic E-state index is 0.450. The van der Waals surface area contributed by atoms with E-state index in [9.17, 15) is 5.26 Å². The van der Waals surface area contributed by atoms with Crippen molar-refractivity contribution in [1.82, 2.24) is 0 Å². The van der Waals surface area contributed by atoms with Crippen LogP contribution in [-0.2, 0) is 0 Å². The largest absolute Gasteiger partial charge is 0.456 e. The summed E-state index contributed by atoms with van der Waals surface area (Å²) in [7, 11) is 0. The Balaban J connectivity index is 0.859. The second kappa shape index (κ2) is 14.6. The lowest BCUT2D eigenvalue weighted by Crippen LogP contribution is -2.10. The second-order valence-electron chi connectivity index (χ2n) is 17.9. The number of nitrogens with zero attached hydrogens (tertiary/aromatic N) is 3. The molecule has 15 rings (SSSR count). The van der Waals surface area contributed by atoms with E-state index in [0.29, 0.717) is 27.9 Å². The lowest BCUT2D eigenvalue weighted by atomic mass is 10.00. The van der Waals surface area contributed by atoms with Crippen LogP contribution >= 0.6 is 0 Å². The van der Waals surface area contributed by atoms with Crippen LogP contribution in [0.15, 0.2) is 230 Å². The SMILES string of the molecule is N#Cc1c2oc3cc4cc(N(c5ccccc5)c5cccc6c5oc5ccccc56)ccc4cc3c2cc2oc3cc4cc(N(c5ccccc5)c5cccc6c5oc5ccccc56)ccc4cc3c12. The molecule has 7 heteroatoms. The third kappa shape index (κ3) is 5.62. The van der Waals surface area contributed by atoms with Gasteiger partial charge in [0.1, 0.15) is 39.5 Å². The molecule has 15 aromatic rings. The van der Waals surface area contributed by atoms with Crippen molar-refractivity contribution in [2.24, 2.45) is 0 Å². The van der Waals surface area contributed by atoms with E-state index in [0.717, 1.165) is 121 Å². The highest BCUT2D eigenvalue weighted by molar-refractivity contribution is 6.21. The molecule has 0 bridgehead atoms. The van der Waals surface area contributed by atoms with Gasteiger partial charge in [0.15, 0.2) is 16.7 Å². The third-order valence-electron chi connectivity index (χ3n) is 14.0. The maximum Gasteiger partial charge on any atom is 0.159 e. The van der Waals surface area contributed by atoms with E-state index in [4.69, 9.17) is 17.7 Å². The first-order valence-electron chi connectivity index (χ1n) is 23.3. The molecule has 0 fully saturated rings. The van der Waals surface area contributed by atoms with Crippen LogP contribution in [0.3, 0.4) is 0 Å². The van der Waals surface area contributed by atoms with Gasteiger partial charge in [-0.2, -0.15) is 5.26 Å². The average Bonchev–Trinajstić information content (AvgIpc) is 4.18. The van der Waals surface area contributed by atoms with E-state index in [2.05, 4.69) is 174 Å². The van der Waals surface area contributed by atoms with Gasteiger partial charge in [0.2, 0.25) is 0 Å². The van der Waals surface area contributed by atoms with E-state index in [1.54, 1.807) is 0 Å². The Hall–Kier alpha value is -9.77. The van der Waals surface area contributed by atoms with E-state index in [1.807, 2.05) is 54.6 Å². The number of benzene rings is 11. The van der Waals surface area contributed by atoms with Crippen LogP contribution in [0.1, 0.15) is 5.56 Å². The third-order valence-corrected chi connectivity index (χ3v) is 14.0. The van der Waals surface area contributed by atoms with Crippen molar-refractivity contribution in [3.63, 3.8) is 0 Å². The Bertz CT molecular complexity index is 4510. The van der Waals surface area contributed by atoms with Gasteiger partial charge in [-0.25, -0.2) is 0 Å². The molecule has 0 aliphatic heterocycles. The fourth-order valence-corrected chi connectivity index (χ4v) is 10.8. The first-order chi connectivity index (χ1) is 34.6. The van der Waals surface area contributed by atoms with Crippen molar-refractivity contribution in [2.45, 2.75) is 0 Å². The normalized spacial score (nSPS) is 12.0. The predicted molar refractivity (Wildman–Crippen MR) is 285 cm³/mol. The fraction of sp³-hybridized carbons (Fsp3) is 0. The van der Waals surface area contributed by atoms with Gasteiger partial charge in [-0.15, -0.1) is 0 Å². The minimum atomic E-state index is 0.450. The zero-order chi connectivity index (χ0) is 46.0. The summed E-state index contributed by atoms with van der Waals surface area (Å²) >= 11 is 0. The van der Waals surface area contributed by atoms with Crippen LogP contribution in [0.25, 0.3) is 109 Å². The molecular formula is C63H35N3O4. The number of anilines is 6. The quantitative estimate of drug-likeness (QED) is 0.164. The smallest absolute Gasteiger partial charge is 0.159 e. The standard InChI is InChI=1S/C63H35N3O4/c64-36-52-60-51-32-38-26-28-44(66(42-15-5-2-6-16-42)54-22-12-20-48-46-18-8-10-24-56(46)69-63(48)54)30-40(38)34-58(51)67-59(60)35-50-49-31-37-25-27-43(29-39(37)33-57(49)70-61(50)52)65(41-13-3-1-4-14-41)53-21-11-19-47-45-17-7-9-23-55(45)68-62(47)53/h1-35H. The molecular weight excluding hydrogens is 863 g/mol. The molecule has 0 atom stereocenters. The van der Waals surface area contributed by atoms with Gasteiger partial charge in [0.05, 0.1) is 11.4 Å². The zero-order valence-corrected chi connectivity index (χ0v) is 37.2. The van der Waals surface area contributed by atoms with Crippen LogP contribution in [-0.4, -0.2) is 0 Å². The number of fused-ring (bicyclic) bond motifs is 14. The molecule has 0 aliphatic rings. The molecule has 4 aromatic heterocycles. The second-order valence-corrected chi connectivity index (χ2v) is 17.9. The summed E-state index contributed by atoms with van der Waals surface area (Å²) in [4.78, 5) is 4.49. The van der Waals surface area contributed by atoms with E-state index < -0.39 is 0 Å². The fourth-order valence-electron chi connectivity index (χ4n) is 10.8. The highest BCUT2D eigenvalue weighted by Gasteiger charge is 2.24. The molecule has 0 saturated heterocycles. The lowest BCUT2D eigenvalue weighted by molar-refractivity contribution is 0.663. The number of hydrogen-bond donors (Lipinski definition) is 0. The van der Waals surface area contributed by atoms with E-state index in [-0.39, 0.29) is 0 Å². The van der Waals surface area contributed by atoms with Crippen molar-refractivity contribution in [1.29, 1.82) is 5.26 Å². The summed E-state index contributed by atoms with van der Waals surface area (Å²) in [6, 6.07) is 75.7. The summed E-state index contributed by atoms with van der Waals surface area (Å²) in [5.74, 6) is 0. The summed E-state index contributed by atoms with van der Waals surface area (Å²) in [5.41, 5.74) is 12.2. The van der Waals surface area contributed by atoms with Crippen molar-refractivity contribution in [3.05, 3.63) is 218 Å². The van der Waals surface area contributed by atoms with Crippen molar-refractivity contribution >= 4 is 143 Å². The zero-order valence-electron chi connectivity index (χ0n) is 37.2. The van der Waals surface area contributed by atoms with Crippen LogP contribution in [0.5, 0.6) is 0 Å². The van der Waals surface area contributed by atoms with Crippen LogP contribution in [0, 0.1) is 11.3 Å². The predicted octanol–water partition coefficient (Wildman–Crippen LogP) is 18.4. The number of furan rings is 4. The molecule has 0 amide bonds. The number of rotatable bonds is 6. The molecule has 11 aromatic carbocycles. The topological polar surface area (TPSA) is 82.8 Å². The van der Waals surface area contributed by atoms with Gasteiger partial charge >= 0.3 is 0 Å². The number of hydrogen-bond acceptors (Lipinski definition) is 7. The summed E-state index contributed by atoms with van der Waals surface area (Å²) in [5, 5.41) is 22.6. The Morgan fingerprint density at radius 2 is 0.786 bits per heavy atom. The molecule has 326 valence electrons. The molecule has 0 N–H and O–H groups in total. The number of nitriles is 1. The van der Waals surface area contributed by atoms with Gasteiger partial charge < -0.3 is 27.5 Å². The molecule has 7 nitrogen and oxygen atoms in total. The Kier molecular flexibility index (Phi) is 8.01. The summed E-state index contributed by atoms with van der Waals surface area (Å²) in [6.45, 7) is 0. The summed E-state index contributed by atoms with van der Waals surface area (Å²) in [6.07, 6.45) is 0. The number of para-hydroxylation sites is 6. The highest BCUT2D eigenvalue weighted by Crippen LogP contribution is 2.47. The maximum absolute atomic E-state index is 10.9. The van der Waals surface area contributed by atoms with E-state index >= 15 is 0 Å². The van der Waals surface area contributed by atoms with Gasteiger partial charge in [-0.1, -0.05) is 109 Å². The molecule has 0 unspecified atom stereocenters. The molecule has 0 aliphatic carbocycles. The van der Waals surface area contributed by atoms with Gasteiger partial charge in [0, 0.05) is 65.8 Å². The molecule has 4 heterocycles. The van der Waals surface area contributed by atoms with Crippen LogP contribution in [0.4, 0.5) is 34.1 Å². The molecule has 0 spiro atoms. The van der Waals surface area contributed by atoms with Crippen LogP contribution < -0.4 is 9.80 Å². The van der Waals surface area contributed by atoms with Crippen molar-refractivity contribution in [2.75, 3.05) is 9.80 Å². The Morgan fingerprint density at radius 1 is 0.300 bits per heavy atom. The Morgan fingerprint density at radius 3 is 1.34 bits per heavy atom. The highest BCUT2D eigenvalue weighted by atomic mass is 16.3. The van der Waals surface area contributed by atoms with Gasteiger partial charge in [-0.05, 0) is 125 Å². The van der Waals surface area contributed by atoms with Crippen molar-refractivity contribution < 1.29 is 17.7 Å². The summed E-state index contributed by atoms with van der Waals surface area (Å²) < 4.78 is 26.5. The van der Waals surface area contributed by atoms with Crippen molar-refractivity contribution in [3.8, 4) is 6.07 Å². The average molecular weight is 898 g/mol. The van der Waals surface area contributed by atoms with Crippen LogP contribution in [0.2, 0.25) is 0 Å². The van der Waals surface area contributed by atoms with Gasteiger partial charge in [-0.3, -0.25) is 0 Å². The molecule has 0 radical (unpaired) electrons. The first kappa shape index (κ1) is 38.3. The maximum atomic E-state index is 10.9. The first-order valence-corrected chi connectivity index (χ1v) is 23.3.